The molecule has 1 aromatic rings. The van der Waals surface area contributed by atoms with E-state index >= 15 is 0 Å². The summed E-state index contributed by atoms with van der Waals surface area (Å²) < 4.78 is 2.10. The van der Waals surface area contributed by atoms with Crippen LogP contribution < -0.4 is 10.6 Å². The van der Waals surface area contributed by atoms with Crippen LogP contribution in [0.1, 0.15) is 19.4 Å². The maximum absolute atomic E-state index is 11.3. The summed E-state index contributed by atoms with van der Waals surface area (Å²) in [6.45, 7) is 6.01. The lowest BCUT2D eigenvalue weighted by Gasteiger charge is -2.09. The van der Waals surface area contributed by atoms with Gasteiger partial charge >= 0.3 is 0 Å². The van der Waals surface area contributed by atoms with Crippen molar-refractivity contribution in [2.45, 2.75) is 20.4 Å². The Bertz CT molecular complexity index is 408. The zero-order valence-corrected chi connectivity index (χ0v) is 13.8. The standard InChI is InChI=1S/C13H18Br2N2O/c1-9(2)13(18)17-6-5-16-8-10-3-4-11(14)12(15)7-10/h3-4,7,9,16H,5-6,8H2,1-2H3,(H,17,18). The molecule has 0 unspecified atom stereocenters. The van der Waals surface area contributed by atoms with Crippen molar-refractivity contribution in [3.05, 3.63) is 32.7 Å². The molecule has 0 saturated carbocycles. The quantitative estimate of drug-likeness (QED) is 0.748. The molecule has 0 atom stereocenters. The Morgan fingerprint density at radius 1 is 1.22 bits per heavy atom. The van der Waals surface area contributed by atoms with Gasteiger partial charge in [-0.25, -0.2) is 0 Å². The molecule has 0 aromatic heterocycles. The topological polar surface area (TPSA) is 41.1 Å². The predicted octanol–water partition coefficient (Wildman–Crippen LogP) is 3.07. The first-order chi connectivity index (χ1) is 8.50. The number of rotatable bonds is 6. The summed E-state index contributed by atoms with van der Waals surface area (Å²) in [6.07, 6.45) is 0. The van der Waals surface area contributed by atoms with E-state index in [0.717, 1.165) is 22.0 Å². The van der Waals surface area contributed by atoms with E-state index in [1.54, 1.807) is 0 Å². The number of nitrogens with one attached hydrogen (secondary N) is 2. The fourth-order valence-electron chi connectivity index (χ4n) is 1.36. The molecule has 100 valence electrons. The second-order valence-electron chi connectivity index (χ2n) is 4.37. The first kappa shape index (κ1) is 15.7. The Labute approximate surface area is 125 Å². The normalized spacial score (nSPS) is 10.7. The summed E-state index contributed by atoms with van der Waals surface area (Å²) in [6, 6.07) is 6.15. The Kier molecular flexibility index (Phi) is 6.89. The maximum Gasteiger partial charge on any atom is 0.222 e. The molecular weight excluding hydrogens is 360 g/mol. The van der Waals surface area contributed by atoms with Crippen LogP contribution in [0.4, 0.5) is 0 Å². The van der Waals surface area contributed by atoms with Crippen LogP contribution >= 0.6 is 31.9 Å². The van der Waals surface area contributed by atoms with Gasteiger partial charge in [0, 0.05) is 34.5 Å². The van der Waals surface area contributed by atoms with Crippen LogP contribution in [0.15, 0.2) is 27.1 Å². The van der Waals surface area contributed by atoms with Gasteiger partial charge in [0.2, 0.25) is 5.91 Å². The molecule has 1 amide bonds. The number of hydrogen-bond acceptors (Lipinski definition) is 2. The molecule has 18 heavy (non-hydrogen) atoms. The van der Waals surface area contributed by atoms with Crippen LogP contribution in [0.2, 0.25) is 0 Å². The van der Waals surface area contributed by atoms with Crippen molar-refractivity contribution in [3.63, 3.8) is 0 Å². The van der Waals surface area contributed by atoms with Crippen molar-refractivity contribution in [2.24, 2.45) is 5.92 Å². The summed E-state index contributed by atoms with van der Waals surface area (Å²) in [5.41, 5.74) is 1.21. The minimum Gasteiger partial charge on any atom is -0.355 e. The summed E-state index contributed by atoms with van der Waals surface area (Å²) in [4.78, 5) is 11.3. The first-order valence-corrected chi connectivity index (χ1v) is 7.51. The van der Waals surface area contributed by atoms with Crippen LogP contribution in [-0.4, -0.2) is 19.0 Å². The molecule has 0 heterocycles. The third-order valence-electron chi connectivity index (χ3n) is 2.44. The smallest absolute Gasteiger partial charge is 0.222 e. The van der Waals surface area contributed by atoms with Crippen molar-refractivity contribution in [1.29, 1.82) is 0 Å². The van der Waals surface area contributed by atoms with Crippen molar-refractivity contribution in [3.8, 4) is 0 Å². The summed E-state index contributed by atoms with van der Waals surface area (Å²) in [5, 5.41) is 6.16. The van der Waals surface area contributed by atoms with E-state index < -0.39 is 0 Å². The molecule has 5 heteroatoms. The summed E-state index contributed by atoms with van der Waals surface area (Å²) in [5.74, 6) is 0.149. The van der Waals surface area contributed by atoms with Crippen LogP contribution in [0.25, 0.3) is 0 Å². The third-order valence-corrected chi connectivity index (χ3v) is 4.32. The minimum absolute atomic E-state index is 0.0485. The Morgan fingerprint density at radius 2 is 1.94 bits per heavy atom. The molecule has 0 fully saturated rings. The number of benzene rings is 1. The molecule has 2 N–H and O–H groups in total. The molecule has 0 aliphatic rings. The van der Waals surface area contributed by atoms with Gasteiger partial charge < -0.3 is 10.6 Å². The van der Waals surface area contributed by atoms with Gasteiger partial charge in [-0.15, -0.1) is 0 Å². The summed E-state index contributed by atoms with van der Waals surface area (Å²) >= 11 is 6.91. The highest BCUT2D eigenvalue weighted by Gasteiger charge is 2.04. The lowest BCUT2D eigenvalue weighted by molar-refractivity contribution is -0.123. The van der Waals surface area contributed by atoms with Gasteiger partial charge in [-0.05, 0) is 49.6 Å². The molecule has 0 bridgehead atoms. The van der Waals surface area contributed by atoms with E-state index in [4.69, 9.17) is 0 Å². The number of carbonyl (C=O) groups is 1. The van der Waals surface area contributed by atoms with Gasteiger partial charge in [-0.2, -0.15) is 0 Å². The Hall–Kier alpha value is -0.390. The van der Waals surface area contributed by atoms with Crippen LogP contribution in [0.3, 0.4) is 0 Å². The van der Waals surface area contributed by atoms with Crippen molar-refractivity contribution < 1.29 is 4.79 Å². The molecule has 0 aliphatic heterocycles. The first-order valence-electron chi connectivity index (χ1n) is 5.93. The zero-order valence-electron chi connectivity index (χ0n) is 10.6. The average molecular weight is 378 g/mol. The second kappa shape index (κ2) is 7.92. The fraction of sp³-hybridized carbons (Fsp3) is 0.462. The van der Waals surface area contributed by atoms with E-state index in [9.17, 15) is 4.79 Å². The largest absolute Gasteiger partial charge is 0.355 e. The van der Waals surface area contributed by atoms with E-state index in [-0.39, 0.29) is 11.8 Å². The highest BCUT2D eigenvalue weighted by molar-refractivity contribution is 9.13. The van der Waals surface area contributed by atoms with Crippen molar-refractivity contribution in [2.75, 3.05) is 13.1 Å². The molecule has 3 nitrogen and oxygen atoms in total. The highest BCUT2D eigenvalue weighted by atomic mass is 79.9. The fourth-order valence-corrected chi connectivity index (χ4v) is 2.03. The SMILES string of the molecule is CC(C)C(=O)NCCNCc1ccc(Br)c(Br)c1. The third kappa shape index (κ3) is 5.50. The number of hydrogen-bond donors (Lipinski definition) is 2. The molecule has 0 aliphatic carbocycles. The lowest BCUT2D eigenvalue weighted by Crippen LogP contribution is -2.34. The number of carbonyl (C=O) groups excluding carboxylic acids is 1. The molecule has 0 radical (unpaired) electrons. The molecule has 1 aromatic carbocycles. The maximum atomic E-state index is 11.3. The number of amides is 1. The zero-order chi connectivity index (χ0) is 13.5. The van der Waals surface area contributed by atoms with Gasteiger partial charge in [0.1, 0.15) is 0 Å². The Balaban J connectivity index is 2.22. The van der Waals surface area contributed by atoms with Gasteiger partial charge in [0.15, 0.2) is 0 Å². The summed E-state index contributed by atoms with van der Waals surface area (Å²) in [7, 11) is 0. The van der Waals surface area contributed by atoms with Crippen LogP contribution in [0.5, 0.6) is 0 Å². The van der Waals surface area contributed by atoms with Crippen molar-refractivity contribution in [1.82, 2.24) is 10.6 Å². The second-order valence-corrected chi connectivity index (χ2v) is 6.08. The van der Waals surface area contributed by atoms with E-state index in [1.165, 1.54) is 5.56 Å². The van der Waals surface area contributed by atoms with Crippen LogP contribution in [0, 0.1) is 5.92 Å². The van der Waals surface area contributed by atoms with Crippen molar-refractivity contribution >= 4 is 37.8 Å². The monoisotopic (exact) mass is 376 g/mol. The van der Waals surface area contributed by atoms with E-state index in [0.29, 0.717) is 6.54 Å². The molecule has 0 saturated heterocycles. The van der Waals surface area contributed by atoms with E-state index in [1.807, 2.05) is 19.9 Å². The lowest BCUT2D eigenvalue weighted by atomic mass is 10.2. The van der Waals surface area contributed by atoms with Gasteiger partial charge in [0.05, 0.1) is 0 Å². The Morgan fingerprint density at radius 3 is 2.56 bits per heavy atom. The number of halogens is 2. The predicted molar refractivity (Wildman–Crippen MR) is 81.4 cm³/mol. The van der Waals surface area contributed by atoms with Gasteiger partial charge in [-0.3, -0.25) is 4.79 Å². The molecule has 0 spiro atoms. The van der Waals surface area contributed by atoms with Gasteiger partial charge in [0.25, 0.3) is 0 Å². The molecule has 1 rings (SSSR count). The van der Waals surface area contributed by atoms with Gasteiger partial charge in [-0.1, -0.05) is 19.9 Å². The molecular formula is C13H18Br2N2O. The minimum atomic E-state index is 0.0485. The van der Waals surface area contributed by atoms with Crippen LogP contribution in [-0.2, 0) is 11.3 Å². The highest BCUT2D eigenvalue weighted by Crippen LogP contribution is 2.23. The average Bonchev–Trinajstić information content (AvgIpc) is 2.32. The van der Waals surface area contributed by atoms with E-state index in [2.05, 4.69) is 54.6 Å².